The van der Waals surface area contributed by atoms with Crippen molar-refractivity contribution >= 4 is 6.29 Å². The SMILES string of the molecule is Cn1ncc(C=O)c1-n1ccnc1C1CC1. The first-order chi connectivity index (χ1) is 7.81. The molecule has 0 N–H and O–H groups in total. The quantitative estimate of drug-likeness (QED) is 0.726. The van der Waals surface area contributed by atoms with Gasteiger partial charge in [0.05, 0.1) is 11.8 Å². The maximum Gasteiger partial charge on any atom is 0.155 e. The van der Waals surface area contributed by atoms with E-state index < -0.39 is 0 Å². The van der Waals surface area contributed by atoms with Crippen molar-refractivity contribution < 1.29 is 4.79 Å². The first kappa shape index (κ1) is 9.33. The summed E-state index contributed by atoms with van der Waals surface area (Å²) in [4.78, 5) is 15.3. The van der Waals surface area contributed by atoms with Crippen molar-refractivity contribution in [2.75, 3.05) is 0 Å². The first-order valence-electron chi connectivity index (χ1n) is 5.32. The van der Waals surface area contributed by atoms with Gasteiger partial charge in [0, 0.05) is 25.4 Å². The summed E-state index contributed by atoms with van der Waals surface area (Å²) in [5.74, 6) is 2.38. The lowest BCUT2D eigenvalue weighted by molar-refractivity contribution is 0.112. The van der Waals surface area contributed by atoms with Crippen molar-refractivity contribution in [1.29, 1.82) is 0 Å². The first-order valence-corrected chi connectivity index (χ1v) is 5.32. The molecule has 0 radical (unpaired) electrons. The molecule has 2 heterocycles. The van der Waals surface area contributed by atoms with Crippen LogP contribution in [0.2, 0.25) is 0 Å². The minimum Gasteiger partial charge on any atom is -0.298 e. The van der Waals surface area contributed by atoms with Crippen LogP contribution in [-0.2, 0) is 7.05 Å². The number of aryl methyl sites for hydroxylation is 1. The van der Waals surface area contributed by atoms with Crippen LogP contribution in [0.5, 0.6) is 0 Å². The van der Waals surface area contributed by atoms with E-state index in [0.717, 1.165) is 17.9 Å². The second kappa shape index (κ2) is 3.30. The zero-order chi connectivity index (χ0) is 11.1. The summed E-state index contributed by atoms with van der Waals surface area (Å²) in [5.41, 5.74) is 0.599. The monoisotopic (exact) mass is 216 g/mol. The number of nitrogens with zero attached hydrogens (tertiary/aromatic N) is 4. The molecule has 0 unspecified atom stereocenters. The van der Waals surface area contributed by atoms with Gasteiger partial charge in [-0.15, -0.1) is 0 Å². The predicted octanol–water partition coefficient (Wildman–Crippen LogP) is 1.30. The predicted molar refractivity (Wildman–Crippen MR) is 57.7 cm³/mol. The van der Waals surface area contributed by atoms with Gasteiger partial charge in [-0.25, -0.2) is 4.98 Å². The molecule has 2 aromatic heterocycles. The molecule has 16 heavy (non-hydrogen) atoms. The molecule has 2 aromatic rings. The van der Waals surface area contributed by atoms with E-state index in [-0.39, 0.29) is 0 Å². The van der Waals surface area contributed by atoms with E-state index >= 15 is 0 Å². The van der Waals surface area contributed by atoms with Gasteiger partial charge < -0.3 is 0 Å². The number of aromatic nitrogens is 4. The average Bonchev–Trinajstić information content (AvgIpc) is 2.90. The van der Waals surface area contributed by atoms with E-state index in [2.05, 4.69) is 10.1 Å². The van der Waals surface area contributed by atoms with Crippen LogP contribution in [0.25, 0.3) is 5.82 Å². The zero-order valence-electron chi connectivity index (χ0n) is 9.00. The molecule has 0 aliphatic heterocycles. The highest BCUT2D eigenvalue weighted by Gasteiger charge is 2.29. The van der Waals surface area contributed by atoms with Gasteiger partial charge in [-0.2, -0.15) is 5.10 Å². The second-order valence-corrected chi connectivity index (χ2v) is 4.09. The highest BCUT2D eigenvalue weighted by molar-refractivity contribution is 5.79. The van der Waals surface area contributed by atoms with Gasteiger partial charge >= 0.3 is 0 Å². The molecule has 1 saturated carbocycles. The summed E-state index contributed by atoms with van der Waals surface area (Å²) < 4.78 is 3.67. The Hall–Kier alpha value is -1.91. The van der Waals surface area contributed by atoms with E-state index in [9.17, 15) is 4.79 Å². The van der Waals surface area contributed by atoms with Gasteiger partial charge in [-0.1, -0.05) is 0 Å². The van der Waals surface area contributed by atoms with Crippen molar-refractivity contribution in [3.63, 3.8) is 0 Å². The minimum atomic E-state index is 0.546. The summed E-state index contributed by atoms with van der Waals surface area (Å²) in [6, 6.07) is 0. The van der Waals surface area contributed by atoms with Gasteiger partial charge in [0.2, 0.25) is 0 Å². The van der Waals surface area contributed by atoms with Crippen LogP contribution in [0, 0.1) is 0 Å². The van der Waals surface area contributed by atoms with E-state index in [1.54, 1.807) is 17.1 Å². The topological polar surface area (TPSA) is 52.7 Å². The molecule has 1 aliphatic rings. The standard InChI is InChI=1S/C11H12N4O/c1-14-11(9(7-16)6-13-14)15-5-4-12-10(15)8-2-3-8/h4-8H,2-3H2,1H3. The van der Waals surface area contributed by atoms with Crippen molar-refractivity contribution in [1.82, 2.24) is 19.3 Å². The van der Waals surface area contributed by atoms with Crippen LogP contribution in [0.1, 0.15) is 34.9 Å². The smallest absolute Gasteiger partial charge is 0.155 e. The molecule has 3 rings (SSSR count). The van der Waals surface area contributed by atoms with Crippen molar-refractivity contribution in [3.8, 4) is 5.82 Å². The van der Waals surface area contributed by atoms with Crippen molar-refractivity contribution in [3.05, 3.63) is 30.0 Å². The third kappa shape index (κ3) is 1.28. The van der Waals surface area contributed by atoms with Gasteiger partial charge in [0.15, 0.2) is 6.29 Å². The van der Waals surface area contributed by atoms with Crippen LogP contribution in [0.3, 0.4) is 0 Å². The molecule has 0 saturated heterocycles. The Kier molecular flexibility index (Phi) is 1.92. The fourth-order valence-corrected chi connectivity index (χ4v) is 1.96. The summed E-state index contributed by atoms with van der Waals surface area (Å²) in [6.45, 7) is 0. The van der Waals surface area contributed by atoms with Crippen LogP contribution >= 0.6 is 0 Å². The number of imidazole rings is 1. The molecule has 5 heteroatoms. The Bertz CT molecular complexity index is 536. The Balaban J connectivity index is 2.16. The molecule has 1 aliphatic carbocycles. The number of hydrogen-bond donors (Lipinski definition) is 0. The van der Waals surface area contributed by atoms with E-state index in [1.165, 1.54) is 12.8 Å². The van der Waals surface area contributed by atoms with Gasteiger partial charge in [-0.3, -0.25) is 14.0 Å². The Morgan fingerprint density at radius 3 is 3.00 bits per heavy atom. The molecule has 82 valence electrons. The molecular formula is C11H12N4O. The average molecular weight is 216 g/mol. The molecule has 0 aromatic carbocycles. The zero-order valence-corrected chi connectivity index (χ0v) is 9.00. The van der Waals surface area contributed by atoms with Crippen LogP contribution in [0.15, 0.2) is 18.6 Å². The van der Waals surface area contributed by atoms with Gasteiger partial charge in [0.25, 0.3) is 0 Å². The number of carbonyl (C=O) groups excluding carboxylic acids is 1. The highest BCUT2D eigenvalue weighted by Crippen LogP contribution is 2.39. The van der Waals surface area contributed by atoms with Crippen molar-refractivity contribution in [2.45, 2.75) is 18.8 Å². The van der Waals surface area contributed by atoms with Crippen molar-refractivity contribution in [2.24, 2.45) is 7.05 Å². The molecule has 0 atom stereocenters. The normalized spacial score (nSPS) is 15.3. The Morgan fingerprint density at radius 2 is 2.31 bits per heavy atom. The molecule has 0 spiro atoms. The number of aldehydes is 1. The Labute approximate surface area is 92.7 Å². The third-order valence-electron chi connectivity index (χ3n) is 2.90. The van der Waals surface area contributed by atoms with Gasteiger partial charge in [-0.05, 0) is 12.8 Å². The van der Waals surface area contributed by atoms with E-state index in [0.29, 0.717) is 11.5 Å². The summed E-state index contributed by atoms with van der Waals surface area (Å²) in [5, 5.41) is 4.10. The van der Waals surface area contributed by atoms with Crippen LogP contribution < -0.4 is 0 Å². The molecule has 1 fully saturated rings. The minimum absolute atomic E-state index is 0.546. The summed E-state index contributed by atoms with van der Waals surface area (Å²) >= 11 is 0. The number of hydrogen-bond acceptors (Lipinski definition) is 3. The fourth-order valence-electron chi connectivity index (χ4n) is 1.96. The lowest BCUT2D eigenvalue weighted by Crippen LogP contribution is -2.07. The fraction of sp³-hybridized carbons (Fsp3) is 0.364. The maximum atomic E-state index is 10.9. The summed E-state index contributed by atoms with van der Waals surface area (Å²) in [7, 11) is 1.83. The van der Waals surface area contributed by atoms with E-state index in [4.69, 9.17) is 0 Å². The molecule has 0 amide bonds. The molecule has 5 nitrogen and oxygen atoms in total. The second-order valence-electron chi connectivity index (χ2n) is 4.09. The van der Waals surface area contributed by atoms with Crippen LogP contribution in [0.4, 0.5) is 0 Å². The highest BCUT2D eigenvalue weighted by atomic mass is 16.1. The number of rotatable bonds is 3. The maximum absolute atomic E-state index is 10.9. The molecule has 0 bridgehead atoms. The van der Waals surface area contributed by atoms with E-state index in [1.807, 2.05) is 17.8 Å². The summed E-state index contributed by atoms with van der Waals surface area (Å²) in [6.07, 6.45) is 8.45. The number of carbonyl (C=O) groups is 1. The molecular weight excluding hydrogens is 204 g/mol. The third-order valence-corrected chi connectivity index (χ3v) is 2.90. The lowest BCUT2D eigenvalue weighted by atomic mass is 10.3. The van der Waals surface area contributed by atoms with Gasteiger partial charge in [0.1, 0.15) is 11.6 Å². The Morgan fingerprint density at radius 1 is 1.50 bits per heavy atom. The lowest BCUT2D eigenvalue weighted by Gasteiger charge is -2.07. The largest absolute Gasteiger partial charge is 0.298 e. The van der Waals surface area contributed by atoms with Crippen LogP contribution in [-0.4, -0.2) is 25.6 Å².